The van der Waals surface area contributed by atoms with Crippen LogP contribution in [0.3, 0.4) is 0 Å². The van der Waals surface area contributed by atoms with Gasteiger partial charge in [-0.2, -0.15) is 0 Å². The van der Waals surface area contributed by atoms with E-state index in [4.69, 9.17) is 15.9 Å². The Morgan fingerprint density at radius 3 is 2.30 bits per heavy atom. The van der Waals surface area contributed by atoms with Crippen LogP contribution in [0.2, 0.25) is 0 Å². The van der Waals surface area contributed by atoms with Crippen molar-refractivity contribution in [3.05, 3.63) is 18.2 Å². The van der Waals surface area contributed by atoms with E-state index in [9.17, 15) is 19.2 Å². The predicted octanol–water partition coefficient (Wildman–Crippen LogP) is -2.12. The van der Waals surface area contributed by atoms with Crippen molar-refractivity contribution in [2.45, 2.75) is 57.8 Å². The Labute approximate surface area is 174 Å². The molecule has 5 atom stereocenters. The van der Waals surface area contributed by atoms with Gasteiger partial charge in [0.05, 0.1) is 19.0 Å². The number of amides is 3. The molecule has 5 unspecified atom stereocenters. The van der Waals surface area contributed by atoms with Gasteiger partial charge in [0.25, 0.3) is 0 Å². The zero-order valence-corrected chi connectivity index (χ0v) is 17.2. The normalized spacial score (nSPS) is 15.9. The number of rotatable bonds is 12. The Hall–Kier alpha value is -2.99. The Morgan fingerprint density at radius 1 is 1.13 bits per heavy atom. The first-order valence-electron chi connectivity index (χ1n) is 9.58. The molecule has 0 aromatic carbocycles. The SMILES string of the molecule is CCC(C)C(NC(=O)C(C)NC(=O)C(N)Cc1cnc[nH]1)C(=O)NC(CO)C(=O)O. The smallest absolute Gasteiger partial charge is 0.328 e. The molecule has 1 aromatic rings. The number of carboxylic acid groups (broad SMARTS) is 1. The molecule has 8 N–H and O–H groups in total. The number of aromatic nitrogens is 2. The second-order valence-corrected chi connectivity index (χ2v) is 7.07. The van der Waals surface area contributed by atoms with Crippen molar-refractivity contribution >= 4 is 23.7 Å². The molecule has 1 heterocycles. The van der Waals surface area contributed by atoms with Crippen LogP contribution >= 0.6 is 0 Å². The molecule has 1 rings (SSSR count). The van der Waals surface area contributed by atoms with Crippen LogP contribution in [0.15, 0.2) is 12.5 Å². The van der Waals surface area contributed by atoms with Crippen molar-refractivity contribution in [3.63, 3.8) is 0 Å². The number of aliphatic hydroxyl groups excluding tert-OH is 1. The molecule has 0 aliphatic rings. The number of nitrogens with zero attached hydrogens (tertiary/aromatic N) is 1. The van der Waals surface area contributed by atoms with Crippen LogP contribution < -0.4 is 21.7 Å². The van der Waals surface area contributed by atoms with E-state index in [-0.39, 0.29) is 12.3 Å². The molecule has 1 aromatic heterocycles. The number of aliphatic carboxylic acids is 1. The van der Waals surface area contributed by atoms with E-state index in [0.717, 1.165) is 0 Å². The van der Waals surface area contributed by atoms with Crippen LogP contribution in [0.5, 0.6) is 0 Å². The topological polar surface area (TPSA) is 200 Å². The summed E-state index contributed by atoms with van der Waals surface area (Å²) >= 11 is 0. The highest BCUT2D eigenvalue weighted by molar-refractivity contribution is 5.94. The molecule has 12 nitrogen and oxygen atoms in total. The monoisotopic (exact) mass is 426 g/mol. The first-order chi connectivity index (χ1) is 14.1. The van der Waals surface area contributed by atoms with Crippen molar-refractivity contribution in [1.82, 2.24) is 25.9 Å². The van der Waals surface area contributed by atoms with E-state index in [1.165, 1.54) is 19.4 Å². The maximum absolute atomic E-state index is 12.5. The minimum Gasteiger partial charge on any atom is -0.480 e. The summed E-state index contributed by atoms with van der Waals surface area (Å²) in [4.78, 5) is 54.9. The van der Waals surface area contributed by atoms with Gasteiger partial charge >= 0.3 is 5.97 Å². The van der Waals surface area contributed by atoms with E-state index in [1.54, 1.807) is 13.8 Å². The predicted molar refractivity (Wildman–Crippen MR) is 106 cm³/mol. The molecule has 0 spiro atoms. The van der Waals surface area contributed by atoms with E-state index in [1.807, 2.05) is 0 Å². The number of aliphatic hydroxyl groups is 1. The molecule has 0 fully saturated rings. The van der Waals surface area contributed by atoms with Crippen LogP contribution in [0.1, 0.15) is 32.9 Å². The number of hydrogen-bond donors (Lipinski definition) is 7. The van der Waals surface area contributed by atoms with Gasteiger partial charge in [0.1, 0.15) is 18.1 Å². The first kappa shape index (κ1) is 25.0. The summed E-state index contributed by atoms with van der Waals surface area (Å²) in [7, 11) is 0. The maximum Gasteiger partial charge on any atom is 0.328 e. The van der Waals surface area contributed by atoms with Gasteiger partial charge in [-0.1, -0.05) is 20.3 Å². The highest BCUT2D eigenvalue weighted by Crippen LogP contribution is 2.09. The summed E-state index contributed by atoms with van der Waals surface area (Å²) in [5.74, 6) is -3.65. The van der Waals surface area contributed by atoms with Crippen molar-refractivity contribution in [1.29, 1.82) is 0 Å². The minimum absolute atomic E-state index is 0.204. The largest absolute Gasteiger partial charge is 0.480 e. The number of hydrogen-bond acceptors (Lipinski definition) is 7. The van der Waals surface area contributed by atoms with E-state index in [2.05, 4.69) is 25.9 Å². The third kappa shape index (κ3) is 7.44. The average molecular weight is 426 g/mol. The lowest BCUT2D eigenvalue weighted by atomic mass is 9.97. The van der Waals surface area contributed by atoms with Crippen LogP contribution in [-0.2, 0) is 25.6 Å². The Bertz CT molecular complexity index is 725. The Kier molecular flexibility index (Phi) is 9.92. The van der Waals surface area contributed by atoms with Gasteiger partial charge in [0, 0.05) is 18.3 Å². The molecule has 30 heavy (non-hydrogen) atoms. The molecule has 0 saturated heterocycles. The first-order valence-corrected chi connectivity index (χ1v) is 9.58. The van der Waals surface area contributed by atoms with Crippen molar-refractivity contribution < 1.29 is 29.4 Å². The number of carboxylic acids is 1. The number of H-pyrrole nitrogens is 1. The van der Waals surface area contributed by atoms with Gasteiger partial charge in [0.2, 0.25) is 17.7 Å². The third-order valence-corrected chi connectivity index (χ3v) is 4.67. The fraction of sp³-hybridized carbons (Fsp3) is 0.611. The summed E-state index contributed by atoms with van der Waals surface area (Å²) < 4.78 is 0. The summed E-state index contributed by atoms with van der Waals surface area (Å²) in [6.07, 6.45) is 3.72. The molecule has 0 saturated carbocycles. The fourth-order valence-electron chi connectivity index (χ4n) is 2.54. The molecular formula is C18H30N6O6. The lowest BCUT2D eigenvalue weighted by Gasteiger charge is -2.26. The van der Waals surface area contributed by atoms with Crippen molar-refractivity contribution in [3.8, 4) is 0 Å². The quantitative estimate of drug-likeness (QED) is 0.196. The summed E-state index contributed by atoms with van der Waals surface area (Å²) in [6, 6.07) is -4.43. The van der Waals surface area contributed by atoms with Gasteiger partial charge < -0.3 is 36.9 Å². The lowest BCUT2D eigenvalue weighted by molar-refractivity contribution is -0.143. The Morgan fingerprint density at radius 2 is 1.80 bits per heavy atom. The standard InChI is InChI=1S/C18H30N6O6/c1-4-9(2)14(17(28)23-13(7-25)18(29)30)24-15(26)10(3)22-16(27)12(19)5-11-6-20-8-21-11/h6,8-10,12-14,25H,4-5,7,19H2,1-3H3,(H,20,21)(H,22,27)(H,23,28)(H,24,26)(H,29,30). The highest BCUT2D eigenvalue weighted by Gasteiger charge is 2.31. The average Bonchev–Trinajstić information content (AvgIpc) is 3.21. The molecule has 3 amide bonds. The van der Waals surface area contributed by atoms with E-state index < -0.39 is 54.5 Å². The second-order valence-electron chi connectivity index (χ2n) is 7.07. The lowest BCUT2D eigenvalue weighted by Crippen LogP contribution is -2.58. The van der Waals surface area contributed by atoms with Crippen molar-refractivity contribution in [2.24, 2.45) is 11.7 Å². The molecule has 0 aliphatic carbocycles. The van der Waals surface area contributed by atoms with Gasteiger partial charge in [-0.3, -0.25) is 14.4 Å². The van der Waals surface area contributed by atoms with Crippen molar-refractivity contribution in [2.75, 3.05) is 6.61 Å². The molecule has 12 heteroatoms. The number of nitrogens with two attached hydrogens (primary N) is 1. The number of aromatic amines is 1. The Balaban J connectivity index is 2.71. The van der Waals surface area contributed by atoms with Gasteiger partial charge in [0.15, 0.2) is 0 Å². The molecular weight excluding hydrogens is 396 g/mol. The highest BCUT2D eigenvalue weighted by atomic mass is 16.4. The van der Waals surface area contributed by atoms with Gasteiger partial charge in [-0.05, 0) is 12.8 Å². The fourth-order valence-corrected chi connectivity index (χ4v) is 2.54. The van der Waals surface area contributed by atoms with Crippen LogP contribution in [-0.4, -0.2) is 74.6 Å². The van der Waals surface area contributed by atoms with Crippen LogP contribution in [0.4, 0.5) is 0 Å². The van der Waals surface area contributed by atoms with Gasteiger partial charge in [-0.25, -0.2) is 9.78 Å². The number of carbonyl (C=O) groups is 4. The number of imidazole rings is 1. The summed E-state index contributed by atoms with van der Waals surface area (Å²) in [5, 5.41) is 25.3. The molecule has 0 aliphatic heterocycles. The minimum atomic E-state index is -1.49. The maximum atomic E-state index is 12.5. The summed E-state index contributed by atoms with van der Waals surface area (Å²) in [6.45, 7) is 4.17. The molecule has 0 bridgehead atoms. The number of carbonyl (C=O) groups excluding carboxylic acids is 3. The van der Waals surface area contributed by atoms with E-state index >= 15 is 0 Å². The zero-order valence-electron chi connectivity index (χ0n) is 17.2. The number of nitrogens with one attached hydrogen (secondary N) is 4. The summed E-state index contributed by atoms with van der Waals surface area (Å²) in [5.41, 5.74) is 6.51. The molecule has 168 valence electrons. The zero-order chi connectivity index (χ0) is 22.8. The van der Waals surface area contributed by atoms with Crippen LogP contribution in [0.25, 0.3) is 0 Å². The third-order valence-electron chi connectivity index (χ3n) is 4.67. The molecule has 0 radical (unpaired) electrons. The van der Waals surface area contributed by atoms with Crippen LogP contribution in [0, 0.1) is 5.92 Å². The second kappa shape index (κ2) is 11.9. The van der Waals surface area contributed by atoms with Gasteiger partial charge in [-0.15, -0.1) is 0 Å². The van der Waals surface area contributed by atoms with E-state index in [0.29, 0.717) is 12.1 Å².